The molecular weight excluding hydrogens is 348 g/mol. The molecule has 2 heterocycles. The number of nitro groups is 1. The summed E-state index contributed by atoms with van der Waals surface area (Å²) in [6.45, 7) is 2.12. The number of fused-ring (bicyclic) bond motifs is 1. The van der Waals surface area contributed by atoms with Crippen LogP contribution in [0.2, 0.25) is 0 Å². The number of aromatic amines is 1. The van der Waals surface area contributed by atoms with Gasteiger partial charge in [-0.25, -0.2) is 9.97 Å². The summed E-state index contributed by atoms with van der Waals surface area (Å²) in [5, 5.41) is 11.5. The molecule has 0 saturated heterocycles. The molecule has 8 nitrogen and oxygen atoms in total. The lowest BCUT2D eigenvalue weighted by Crippen LogP contribution is -2.09. The largest absolute Gasteiger partial charge is 0.350 e. The summed E-state index contributed by atoms with van der Waals surface area (Å²) in [6.07, 6.45) is 2.13. The van der Waals surface area contributed by atoms with Crippen LogP contribution in [0, 0.1) is 10.1 Å². The number of rotatable bonds is 8. The number of ether oxygens (including phenoxy) is 2. The molecule has 3 rings (SSSR count). The second-order valence-corrected chi connectivity index (χ2v) is 6.16. The molecule has 0 aliphatic rings. The molecule has 0 bridgehead atoms. The average Bonchev–Trinajstić information content (AvgIpc) is 3.08. The number of aryl methyl sites for hydroxylation is 1. The van der Waals surface area contributed by atoms with Gasteiger partial charge in [-0.3, -0.25) is 10.1 Å². The van der Waals surface area contributed by atoms with Crippen LogP contribution in [0.15, 0.2) is 30.3 Å². The van der Waals surface area contributed by atoms with E-state index < -0.39 is 11.2 Å². The van der Waals surface area contributed by atoms with Gasteiger partial charge in [0.15, 0.2) is 5.65 Å². The highest BCUT2D eigenvalue weighted by Crippen LogP contribution is 2.36. The molecule has 0 radical (unpaired) electrons. The maximum absolute atomic E-state index is 11.5. The lowest BCUT2D eigenvalue weighted by molar-refractivity contribution is -0.384. The van der Waals surface area contributed by atoms with Crippen LogP contribution >= 0.6 is 0 Å². The standard InChI is InChI=1S/C19H22N4O4/c1-4-5-10-16-20-14-11-13(12-8-6-7-9-15(12)23(24)25)17(19(26-2)27-3)22-18(14)21-16/h6-9,11,19H,4-5,10H2,1-3H3,(H,20,21,22). The van der Waals surface area contributed by atoms with Gasteiger partial charge < -0.3 is 14.5 Å². The SMILES string of the molecule is CCCCc1nc2nc(C(OC)OC)c(-c3ccccc3[N+](=O)[O-])cc2[nH]1. The average molecular weight is 370 g/mol. The molecule has 1 aromatic carbocycles. The second kappa shape index (κ2) is 8.24. The van der Waals surface area contributed by atoms with Gasteiger partial charge in [0.25, 0.3) is 5.69 Å². The van der Waals surface area contributed by atoms with Gasteiger partial charge in [0.2, 0.25) is 6.29 Å². The molecule has 3 aromatic rings. The quantitative estimate of drug-likeness (QED) is 0.363. The van der Waals surface area contributed by atoms with E-state index in [0.29, 0.717) is 22.5 Å². The number of nitrogens with zero attached hydrogens (tertiary/aromatic N) is 3. The third-order valence-electron chi connectivity index (χ3n) is 4.36. The zero-order chi connectivity index (χ0) is 19.4. The Morgan fingerprint density at radius 3 is 2.59 bits per heavy atom. The molecule has 2 aromatic heterocycles. The maximum atomic E-state index is 11.5. The molecule has 0 atom stereocenters. The van der Waals surface area contributed by atoms with Crippen molar-refractivity contribution in [2.45, 2.75) is 32.5 Å². The Kier molecular flexibility index (Phi) is 5.78. The van der Waals surface area contributed by atoms with Crippen LogP contribution in [0.3, 0.4) is 0 Å². The predicted molar refractivity (Wildman–Crippen MR) is 101 cm³/mol. The number of hydrogen-bond donors (Lipinski definition) is 1. The number of H-pyrrole nitrogens is 1. The van der Waals surface area contributed by atoms with Crippen LogP contribution in [0.4, 0.5) is 5.69 Å². The van der Waals surface area contributed by atoms with Crippen molar-refractivity contribution >= 4 is 16.9 Å². The number of unbranched alkanes of at least 4 members (excludes halogenated alkanes) is 1. The molecule has 27 heavy (non-hydrogen) atoms. The van der Waals surface area contributed by atoms with Crippen LogP contribution in [0.1, 0.15) is 37.6 Å². The van der Waals surface area contributed by atoms with Crippen LogP contribution < -0.4 is 0 Å². The Hall–Kier alpha value is -2.84. The van der Waals surface area contributed by atoms with Crippen LogP contribution in [-0.2, 0) is 15.9 Å². The fourth-order valence-electron chi connectivity index (χ4n) is 3.04. The monoisotopic (exact) mass is 370 g/mol. The Morgan fingerprint density at radius 1 is 1.19 bits per heavy atom. The first-order valence-corrected chi connectivity index (χ1v) is 8.78. The summed E-state index contributed by atoms with van der Waals surface area (Å²) >= 11 is 0. The van der Waals surface area contributed by atoms with Crippen molar-refractivity contribution in [1.29, 1.82) is 0 Å². The van der Waals surface area contributed by atoms with Crippen molar-refractivity contribution in [1.82, 2.24) is 15.0 Å². The molecule has 1 N–H and O–H groups in total. The predicted octanol–water partition coefficient (Wildman–Crippen LogP) is 4.17. The molecular formula is C19H22N4O4. The number of nitro benzene ring substituents is 1. The minimum Gasteiger partial charge on any atom is -0.350 e. The molecule has 0 unspecified atom stereocenters. The zero-order valence-electron chi connectivity index (χ0n) is 15.6. The summed E-state index contributed by atoms with van der Waals surface area (Å²) in [6, 6.07) is 8.38. The molecule has 0 amide bonds. The van der Waals surface area contributed by atoms with Crippen molar-refractivity contribution in [2.24, 2.45) is 0 Å². The normalized spacial score (nSPS) is 11.4. The van der Waals surface area contributed by atoms with Gasteiger partial charge >= 0.3 is 0 Å². The van der Waals surface area contributed by atoms with Gasteiger partial charge in [-0.1, -0.05) is 25.5 Å². The molecule has 0 fully saturated rings. The van der Waals surface area contributed by atoms with E-state index in [1.54, 1.807) is 18.2 Å². The molecule has 0 spiro atoms. The van der Waals surface area contributed by atoms with Crippen molar-refractivity contribution in [3.05, 3.63) is 52.0 Å². The van der Waals surface area contributed by atoms with Crippen molar-refractivity contribution < 1.29 is 14.4 Å². The topological polar surface area (TPSA) is 103 Å². The summed E-state index contributed by atoms with van der Waals surface area (Å²) in [4.78, 5) is 23.5. The second-order valence-electron chi connectivity index (χ2n) is 6.16. The Labute approximate surface area is 156 Å². The number of benzene rings is 1. The van der Waals surface area contributed by atoms with Gasteiger partial charge in [-0.15, -0.1) is 0 Å². The van der Waals surface area contributed by atoms with Crippen LogP contribution in [0.5, 0.6) is 0 Å². The molecule has 0 aliphatic carbocycles. The number of methoxy groups -OCH3 is 2. The van der Waals surface area contributed by atoms with Crippen molar-refractivity contribution in [3.8, 4) is 11.1 Å². The van der Waals surface area contributed by atoms with Crippen LogP contribution in [0.25, 0.3) is 22.3 Å². The van der Waals surface area contributed by atoms with Gasteiger partial charge in [0.05, 0.1) is 16.0 Å². The lowest BCUT2D eigenvalue weighted by atomic mass is 10.0. The third kappa shape index (κ3) is 3.81. The van der Waals surface area contributed by atoms with E-state index >= 15 is 0 Å². The minimum atomic E-state index is -0.764. The van der Waals surface area contributed by atoms with Crippen molar-refractivity contribution in [3.63, 3.8) is 0 Å². The molecule has 8 heteroatoms. The number of nitrogens with one attached hydrogen (secondary N) is 1. The van der Waals surface area contributed by atoms with Gasteiger partial charge in [-0.05, 0) is 18.6 Å². The number of imidazole rings is 1. The highest BCUT2D eigenvalue weighted by Gasteiger charge is 2.24. The third-order valence-corrected chi connectivity index (χ3v) is 4.36. The van der Waals surface area contributed by atoms with Gasteiger partial charge in [-0.2, -0.15) is 0 Å². The first-order valence-electron chi connectivity index (χ1n) is 8.78. The Morgan fingerprint density at radius 2 is 1.93 bits per heavy atom. The highest BCUT2D eigenvalue weighted by atomic mass is 16.7. The van der Waals surface area contributed by atoms with Crippen molar-refractivity contribution in [2.75, 3.05) is 14.2 Å². The van der Waals surface area contributed by atoms with E-state index in [1.807, 2.05) is 6.07 Å². The first-order chi connectivity index (χ1) is 13.1. The minimum absolute atomic E-state index is 0.00317. The van der Waals surface area contributed by atoms with Crippen LogP contribution in [-0.4, -0.2) is 34.1 Å². The molecule has 142 valence electrons. The number of hydrogen-bond acceptors (Lipinski definition) is 6. The summed E-state index contributed by atoms with van der Waals surface area (Å²) in [5.41, 5.74) is 2.75. The Balaban J connectivity index is 2.22. The highest BCUT2D eigenvalue weighted by molar-refractivity contribution is 5.83. The van der Waals surface area contributed by atoms with Gasteiger partial charge in [0, 0.05) is 32.3 Å². The first kappa shape index (κ1) is 18.9. The van der Waals surface area contributed by atoms with E-state index in [4.69, 9.17) is 9.47 Å². The number of pyridine rings is 1. The van der Waals surface area contributed by atoms with E-state index in [0.717, 1.165) is 30.6 Å². The fourth-order valence-corrected chi connectivity index (χ4v) is 3.04. The number of para-hydroxylation sites is 1. The maximum Gasteiger partial charge on any atom is 0.277 e. The summed E-state index contributed by atoms with van der Waals surface area (Å²) in [5.74, 6) is 0.844. The molecule has 0 saturated carbocycles. The number of aromatic nitrogens is 3. The van der Waals surface area contributed by atoms with E-state index in [-0.39, 0.29) is 5.69 Å². The summed E-state index contributed by atoms with van der Waals surface area (Å²) in [7, 11) is 3.00. The smallest absolute Gasteiger partial charge is 0.277 e. The van der Waals surface area contributed by atoms with E-state index in [1.165, 1.54) is 20.3 Å². The van der Waals surface area contributed by atoms with E-state index in [9.17, 15) is 10.1 Å². The van der Waals surface area contributed by atoms with E-state index in [2.05, 4.69) is 21.9 Å². The zero-order valence-corrected chi connectivity index (χ0v) is 15.6. The Bertz CT molecular complexity index is 950. The fraction of sp³-hybridized carbons (Fsp3) is 0.368. The van der Waals surface area contributed by atoms with Gasteiger partial charge in [0.1, 0.15) is 11.5 Å². The molecule has 0 aliphatic heterocycles. The summed E-state index contributed by atoms with van der Waals surface area (Å²) < 4.78 is 10.8. The lowest BCUT2D eigenvalue weighted by Gasteiger charge is -2.16.